The standard InChI is InChI=1S/C18H19NO2S/c1-12(2)18(13-8-4-6-10-15(13)20)17(21)19(3)14-9-5-7-11-16(14)22-18/h4-12,20H,1-3H3. The fourth-order valence-corrected chi connectivity index (χ4v) is 4.58. The van der Waals surface area contributed by atoms with Gasteiger partial charge in [-0.25, -0.2) is 0 Å². The molecule has 22 heavy (non-hydrogen) atoms. The van der Waals surface area contributed by atoms with Gasteiger partial charge in [0.1, 0.15) is 10.5 Å². The lowest BCUT2D eigenvalue weighted by atomic mass is 9.85. The van der Waals surface area contributed by atoms with Crippen molar-refractivity contribution in [2.75, 3.05) is 11.9 Å². The van der Waals surface area contributed by atoms with Crippen LogP contribution in [0.25, 0.3) is 0 Å². The van der Waals surface area contributed by atoms with Gasteiger partial charge >= 0.3 is 0 Å². The number of carbonyl (C=O) groups is 1. The number of aromatic hydroxyl groups is 1. The molecule has 1 aliphatic heterocycles. The summed E-state index contributed by atoms with van der Waals surface area (Å²) < 4.78 is -0.811. The molecule has 1 unspecified atom stereocenters. The van der Waals surface area contributed by atoms with Gasteiger partial charge in [0.15, 0.2) is 0 Å². The van der Waals surface area contributed by atoms with Crippen molar-refractivity contribution in [2.45, 2.75) is 23.5 Å². The summed E-state index contributed by atoms with van der Waals surface area (Å²) in [5, 5.41) is 10.3. The number of benzene rings is 2. The molecule has 0 radical (unpaired) electrons. The Morgan fingerprint density at radius 3 is 2.41 bits per heavy atom. The van der Waals surface area contributed by atoms with Gasteiger partial charge in [0, 0.05) is 17.5 Å². The number of amides is 1. The van der Waals surface area contributed by atoms with Gasteiger partial charge in [0.25, 0.3) is 0 Å². The van der Waals surface area contributed by atoms with E-state index < -0.39 is 4.75 Å². The number of thioether (sulfide) groups is 1. The minimum Gasteiger partial charge on any atom is -0.508 e. The van der Waals surface area contributed by atoms with Crippen LogP contribution in [-0.2, 0) is 9.54 Å². The molecule has 0 aliphatic carbocycles. The molecule has 0 fully saturated rings. The smallest absolute Gasteiger partial charge is 0.248 e. The Hall–Kier alpha value is -1.94. The lowest BCUT2D eigenvalue weighted by Crippen LogP contribution is -2.49. The van der Waals surface area contributed by atoms with Gasteiger partial charge in [-0.05, 0) is 24.1 Å². The van der Waals surface area contributed by atoms with Gasteiger partial charge in [-0.3, -0.25) is 4.79 Å². The first kappa shape index (κ1) is 15.0. The summed E-state index contributed by atoms with van der Waals surface area (Å²) in [6, 6.07) is 15.0. The number of fused-ring (bicyclic) bond motifs is 1. The maximum Gasteiger partial charge on any atom is 0.248 e. The van der Waals surface area contributed by atoms with Gasteiger partial charge in [0.05, 0.1) is 5.69 Å². The number of carbonyl (C=O) groups excluding carboxylic acids is 1. The minimum atomic E-state index is -0.811. The maximum atomic E-state index is 13.2. The topological polar surface area (TPSA) is 40.5 Å². The molecule has 1 heterocycles. The fraction of sp³-hybridized carbons (Fsp3) is 0.278. The van der Waals surface area contributed by atoms with Gasteiger partial charge in [-0.1, -0.05) is 44.2 Å². The average molecular weight is 313 g/mol. The summed E-state index contributed by atoms with van der Waals surface area (Å²) in [7, 11) is 1.80. The summed E-state index contributed by atoms with van der Waals surface area (Å²) in [5.41, 5.74) is 1.60. The summed E-state index contributed by atoms with van der Waals surface area (Å²) in [5.74, 6) is 0.214. The third-order valence-electron chi connectivity index (χ3n) is 4.24. The highest BCUT2D eigenvalue weighted by molar-refractivity contribution is 8.01. The number of phenolic OH excluding ortho intramolecular Hbond substituents is 1. The second-order valence-corrected chi connectivity index (χ2v) is 7.13. The number of likely N-dealkylation sites (N-methyl/N-ethyl adjacent to an activating group) is 1. The summed E-state index contributed by atoms with van der Waals surface area (Å²) >= 11 is 1.54. The first-order valence-corrected chi connectivity index (χ1v) is 8.14. The summed E-state index contributed by atoms with van der Waals surface area (Å²) in [6.07, 6.45) is 0. The molecule has 0 saturated heterocycles. The zero-order valence-corrected chi connectivity index (χ0v) is 13.7. The predicted octanol–water partition coefficient (Wildman–Crippen LogP) is 4.01. The molecule has 1 aliphatic rings. The van der Waals surface area contributed by atoms with E-state index in [0.29, 0.717) is 5.56 Å². The van der Waals surface area contributed by atoms with E-state index in [4.69, 9.17) is 0 Å². The Kier molecular flexibility index (Phi) is 3.65. The molecule has 1 N–H and O–H groups in total. The molecule has 0 aromatic heterocycles. The van der Waals surface area contributed by atoms with E-state index in [1.54, 1.807) is 35.8 Å². The third kappa shape index (κ3) is 2.02. The van der Waals surface area contributed by atoms with E-state index in [-0.39, 0.29) is 17.6 Å². The van der Waals surface area contributed by atoms with Crippen LogP contribution < -0.4 is 4.90 Å². The lowest BCUT2D eigenvalue weighted by molar-refractivity contribution is -0.122. The molecule has 4 heteroatoms. The Balaban J connectivity index is 2.25. The highest BCUT2D eigenvalue weighted by Gasteiger charge is 2.50. The number of hydrogen-bond donors (Lipinski definition) is 1. The molecule has 0 spiro atoms. The van der Waals surface area contributed by atoms with Crippen molar-refractivity contribution in [3.63, 3.8) is 0 Å². The van der Waals surface area contributed by atoms with Crippen molar-refractivity contribution in [1.82, 2.24) is 0 Å². The molecule has 2 aromatic rings. The van der Waals surface area contributed by atoms with Crippen LogP contribution in [0, 0.1) is 5.92 Å². The van der Waals surface area contributed by atoms with Gasteiger partial charge < -0.3 is 10.0 Å². The number of anilines is 1. The second-order valence-electron chi connectivity index (χ2n) is 5.84. The van der Waals surface area contributed by atoms with Crippen LogP contribution in [-0.4, -0.2) is 18.1 Å². The van der Waals surface area contributed by atoms with Crippen LogP contribution in [0.4, 0.5) is 5.69 Å². The van der Waals surface area contributed by atoms with E-state index in [9.17, 15) is 9.90 Å². The van der Waals surface area contributed by atoms with Crippen molar-refractivity contribution < 1.29 is 9.90 Å². The van der Waals surface area contributed by atoms with Crippen LogP contribution in [0.5, 0.6) is 5.75 Å². The molecule has 114 valence electrons. The fourth-order valence-electron chi connectivity index (χ4n) is 3.03. The van der Waals surface area contributed by atoms with Crippen molar-refractivity contribution in [1.29, 1.82) is 0 Å². The Bertz CT molecular complexity index is 729. The monoisotopic (exact) mass is 313 g/mol. The first-order valence-electron chi connectivity index (χ1n) is 7.33. The molecular weight excluding hydrogens is 294 g/mol. The second kappa shape index (κ2) is 5.36. The van der Waals surface area contributed by atoms with Crippen LogP contribution in [0.2, 0.25) is 0 Å². The van der Waals surface area contributed by atoms with Crippen LogP contribution >= 0.6 is 11.8 Å². The average Bonchev–Trinajstić information content (AvgIpc) is 2.51. The largest absolute Gasteiger partial charge is 0.508 e. The number of nitrogens with zero attached hydrogens (tertiary/aromatic N) is 1. The highest BCUT2D eigenvalue weighted by atomic mass is 32.2. The molecule has 1 atom stereocenters. The van der Waals surface area contributed by atoms with Crippen molar-refractivity contribution in [3.8, 4) is 5.75 Å². The third-order valence-corrected chi connectivity index (χ3v) is 5.99. The summed E-state index contributed by atoms with van der Waals surface area (Å²) in [4.78, 5) is 16.0. The lowest BCUT2D eigenvalue weighted by Gasteiger charge is -2.43. The van der Waals surface area contributed by atoms with Gasteiger partial charge in [-0.15, -0.1) is 11.8 Å². The molecule has 3 rings (SSSR count). The Labute approximate surface area is 135 Å². The van der Waals surface area contributed by atoms with Crippen LogP contribution in [0.15, 0.2) is 53.4 Å². The predicted molar refractivity (Wildman–Crippen MR) is 90.3 cm³/mol. The molecule has 3 nitrogen and oxygen atoms in total. The normalized spacial score (nSPS) is 21.1. The Morgan fingerprint density at radius 1 is 1.09 bits per heavy atom. The molecule has 2 aromatic carbocycles. The minimum absolute atomic E-state index is 0.00713. The number of phenols is 1. The SMILES string of the molecule is CC(C)C1(c2ccccc2O)Sc2ccccc2N(C)C1=O. The first-order chi connectivity index (χ1) is 10.5. The zero-order chi connectivity index (χ0) is 15.9. The van der Waals surface area contributed by atoms with Crippen molar-refractivity contribution in [2.24, 2.45) is 5.92 Å². The van der Waals surface area contributed by atoms with Crippen LogP contribution in [0.1, 0.15) is 19.4 Å². The molecular formula is C18H19NO2S. The molecule has 0 saturated carbocycles. The van der Waals surface area contributed by atoms with E-state index >= 15 is 0 Å². The molecule has 0 bridgehead atoms. The van der Waals surface area contributed by atoms with Crippen LogP contribution in [0.3, 0.4) is 0 Å². The van der Waals surface area contributed by atoms with Crippen molar-refractivity contribution >= 4 is 23.4 Å². The zero-order valence-electron chi connectivity index (χ0n) is 12.9. The van der Waals surface area contributed by atoms with E-state index in [0.717, 1.165) is 10.6 Å². The maximum absolute atomic E-state index is 13.2. The van der Waals surface area contributed by atoms with Gasteiger partial charge in [0.2, 0.25) is 5.91 Å². The highest BCUT2D eigenvalue weighted by Crippen LogP contribution is 2.55. The Morgan fingerprint density at radius 2 is 1.73 bits per heavy atom. The van der Waals surface area contributed by atoms with Crippen molar-refractivity contribution in [3.05, 3.63) is 54.1 Å². The summed E-state index contributed by atoms with van der Waals surface area (Å²) in [6.45, 7) is 4.05. The van der Waals surface area contributed by atoms with Gasteiger partial charge in [-0.2, -0.15) is 0 Å². The number of para-hydroxylation sites is 2. The van der Waals surface area contributed by atoms with E-state index in [1.165, 1.54) is 0 Å². The van der Waals surface area contributed by atoms with E-state index in [1.807, 2.05) is 50.2 Å². The number of rotatable bonds is 2. The quantitative estimate of drug-likeness (QED) is 0.910. The van der Waals surface area contributed by atoms with E-state index in [2.05, 4.69) is 0 Å². The number of hydrogen-bond acceptors (Lipinski definition) is 3. The molecule has 1 amide bonds.